The lowest BCUT2D eigenvalue weighted by molar-refractivity contribution is -0.118. The van der Waals surface area contributed by atoms with Gasteiger partial charge in [-0.2, -0.15) is 9.78 Å². The van der Waals surface area contributed by atoms with Crippen LogP contribution in [-0.4, -0.2) is 35.5 Å². The van der Waals surface area contributed by atoms with Crippen LogP contribution in [0.15, 0.2) is 110 Å². The smallest absolute Gasteiger partial charge is 0.282 e. The van der Waals surface area contributed by atoms with Crippen LogP contribution in [-0.2, 0) is 4.79 Å². The molecule has 1 amide bonds. The zero-order valence-corrected chi connectivity index (χ0v) is 24.9. The topological polar surface area (TPSA) is 108 Å². The number of carbonyl (C=O) groups is 1. The molecule has 0 unspecified atom stereocenters. The largest absolute Gasteiger partial charge is 0.493 e. The molecule has 0 fully saturated rings. The number of rotatable bonds is 8. The van der Waals surface area contributed by atoms with Gasteiger partial charge in [0.2, 0.25) is 5.82 Å². The quantitative estimate of drug-likeness (QED) is 0.175. The predicted octanol–water partition coefficient (Wildman–Crippen LogP) is 7.13. The fourth-order valence-corrected chi connectivity index (χ4v) is 5.13. The number of para-hydroxylation sites is 2. The Bertz CT molecular complexity index is 2040. The molecule has 0 aliphatic carbocycles. The van der Waals surface area contributed by atoms with Crippen molar-refractivity contribution in [1.29, 1.82) is 0 Å². The highest BCUT2D eigenvalue weighted by molar-refractivity contribution is 9.10. The molecule has 2 heterocycles. The van der Waals surface area contributed by atoms with E-state index in [4.69, 9.17) is 30.5 Å². The van der Waals surface area contributed by atoms with Gasteiger partial charge in [0, 0.05) is 16.1 Å². The monoisotopic (exact) mass is 656 g/mol. The van der Waals surface area contributed by atoms with E-state index in [-0.39, 0.29) is 23.9 Å². The number of carbonyl (C=O) groups excluding carboxylic acids is 1. The maximum atomic E-state index is 13.6. The van der Waals surface area contributed by atoms with Crippen LogP contribution in [0.1, 0.15) is 5.56 Å². The maximum Gasteiger partial charge on any atom is 0.282 e. The van der Waals surface area contributed by atoms with Crippen LogP contribution in [0, 0.1) is 0 Å². The number of ether oxygens (including phenoxy) is 2. The zero-order valence-electron chi connectivity index (χ0n) is 22.6. The summed E-state index contributed by atoms with van der Waals surface area (Å²) in [5, 5.41) is 9.12. The first kappa shape index (κ1) is 28.2. The summed E-state index contributed by atoms with van der Waals surface area (Å²) in [6.07, 6.45) is 1.51. The van der Waals surface area contributed by atoms with Crippen LogP contribution >= 0.6 is 27.5 Å². The number of halogens is 2. The predicted molar refractivity (Wildman–Crippen MR) is 170 cm³/mol. The molecule has 0 atom stereocenters. The van der Waals surface area contributed by atoms with Gasteiger partial charge in [-0.3, -0.25) is 9.59 Å². The molecule has 6 aromatic rings. The third-order valence-electron chi connectivity index (χ3n) is 6.45. The van der Waals surface area contributed by atoms with Crippen molar-refractivity contribution in [3.8, 4) is 23.1 Å². The molecular formula is C32H22BrClN4O5. The summed E-state index contributed by atoms with van der Waals surface area (Å²) in [6.45, 7) is -0.260. The SMILES string of the molecule is COc1cc(C=Nn2c(-c3cc4ccccc4o3)nc3ccccc3c2=O)cc(Br)c1OCC(=O)Nc1ccc(Cl)cc1. The lowest BCUT2D eigenvalue weighted by atomic mass is 10.2. The molecule has 4 aromatic carbocycles. The summed E-state index contributed by atoms with van der Waals surface area (Å²) < 4.78 is 19.1. The first-order valence-corrected chi connectivity index (χ1v) is 14.2. The van der Waals surface area contributed by atoms with Crippen molar-refractivity contribution in [3.05, 3.63) is 116 Å². The van der Waals surface area contributed by atoms with Gasteiger partial charge in [0.1, 0.15) is 5.58 Å². The number of anilines is 1. The van der Waals surface area contributed by atoms with E-state index >= 15 is 0 Å². The van der Waals surface area contributed by atoms with Gasteiger partial charge in [0.05, 0.1) is 28.7 Å². The van der Waals surface area contributed by atoms with E-state index < -0.39 is 0 Å². The third-order valence-corrected chi connectivity index (χ3v) is 7.29. The maximum absolute atomic E-state index is 13.6. The van der Waals surface area contributed by atoms with Gasteiger partial charge in [-0.1, -0.05) is 41.9 Å². The number of nitrogens with one attached hydrogen (secondary N) is 1. The van der Waals surface area contributed by atoms with E-state index in [9.17, 15) is 9.59 Å². The fraction of sp³-hybridized carbons (Fsp3) is 0.0625. The Kier molecular flexibility index (Phi) is 7.95. The van der Waals surface area contributed by atoms with Crippen molar-refractivity contribution < 1.29 is 18.7 Å². The number of nitrogens with zero attached hydrogens (tertiary/aromatic N) is 3. The number of amides is 1. The summed E-state index contributed by atoms with van der Waals surface area (Å²) in [5.41, 5.74) is 2.03. The lowest BCUT2D eigenvalue weighted by Gasteiger charge is -2.13. The summed E-state index contributed by atoms with van der Waals surface area (Å²) in [7, 11) is 1.49. The number of methoxy groups -OCH3 is 1. The normalized spacial score (nSPS) is 11.3. The number of benzene rings is 4. The number of fused-ring (bicyclic) bond motifs is 2. The molecule has 6 rings (SSSR count). The number of hydrogen-bond acceptors (Lipinski definition) is 7. The van der Waals surface area contributed by atoms with Gasteiger partial charge in [0.15, 0.2) is 23.9 Å². The van der Waals surface area contributed by atoms with Crippen LogP contribution in [0.3, 0.4) is 0 Å². The van der Waals surface area contributed by atoms with Gasteiger partial charge < -0.3 is 19.2 Å². The molecule has 0 aliphatic heterocycles. The molecule has 0 saturated heterocycles. The molecule has 1 N–H and O–H groups in total. The van der Waals surface area contributed by atoms with Crippen LogP contribution in [0.25, 0.3) is 33.5 Å². The molecule has 0 saturated carbocycles. The average Bonchev–Trinajstić information content (AvgIpc) is 3.45. The summed E-state index contributed by atoms with van der Waals surface area (Å²) in [4.78, 5) is 30.7. The van der Waals surface area contributed by atoms with Gasteiger partial charge in [0.25, 0.3) is 11.5 Å². The van der Waals surface area contributed by atoms with E-state index in [0.717, 1.165) is 5.39 Å². The molecule has 214 valence electrons. The van der Waals surface area contributed by atoms with E-state index in [1.54, 1.807) is 54.6 Å². The third kappa shape index (κ3) is 6.01. The first-order chi connectivity index (χ1) is 20.9. The summed E-state index contributed by atoms with van der Waals surface area (Å²) in [5.74, 6) is 0.993. The zero-order chi connectivity index (χ0) is 29.9. The summed E-state index contributed by atoms with van der Waals surface area (Å²) in [6, 6.07) is 26.6. The van der Waals surface area contributed by atoms with Crippen LogP contribution in [0.2, 0.25) is 5.02 Å². The Labute approximate surface area is 258 Å². The Hall–Kier alpha value is -4.93. The molecule has 0 radical (unpaired) electrons. The second-order valence-electron chi connectivity index (χ2n) is 9.34. The van der Waals surface area contributed by atoms with Gasteiger partial charge in [-0.05, 0) is 82.2 Å². The van der Waals surface area contributed by atoms with E-state index in [0.29, 0.717) is 54.5 Å². The van der Waals surface area contributed by atoms with E-state index in [2.05, 4.69) is 26.3 Å². The lowest BCUT2D eigenvalue weighted by Crippen LogP contribution is -2.20. The van der Waals surface area contributed by atoms with E-state index in [1.807, 2.05) is 36.4 Å². The molecule has 43 heavy (non-hydrogen) atoms. The van der Waals surface area contributed by atoms with Crippen molar-refractivity contribution in [2.24, 2.45) is 5.10 Å². The van der Waals surface area contributed by atoms with Crippen molar-refractivity contribution in [1.82, 2.24) is 9.66 Å². The second-order valence-corrected chi connectivity index (χ2v) is 10.6. The van der Waals surface area contributed by atoms with Crippen LogP contribution < -0.4 is 20.3 Å². The van der Waals surface area contributed by atoms with E-state index in [1.165, 1.54) is 18.0 Å². The molecule has 0 spiro atoms. The van der Waals surface area contributed by atoms with Crippen molar-refractivity contribution in [2.75, 3.05) is 19.0 Å². The van der Waals surface area contributed by atoms with Crippen molar-refractivity contribution in [3.63, 3.8) is 0 Å². The Morgan fingerprint density at radius 3 is 2.63 bits per heavy atom. The Balaban J connectivity index is 1.30. The minimum Gasteiger partial charge on any atom is -0.493 e. The standard InChI is InChI=1S/C32H22BrClN4O5/c1-41-27-15-19(14-24(33)30(27)42-18-29(39)36-22-12-10-21(34)11-13-22)17-35-38-31(28-16-20-6-2-5-9-26(20)43-28)37-25-8-4-3-7-23(25)32(38)40/h2-17H,18H2,1H3,(H,36,39). The van der Waals surface area contributed by atoms with Gasteiger partial charge in [-0.15, -0.1) is 0 Å². The molecule has 0 bridgehead atoms. The first-order valence-electron chi connectivity index (χ1n) is 13.0. The number of furan rings is 1. The highest BCUT2D eigenvalue weighted by Gasteiger charge is 2.17. The second kappa shape index (κ2) is 12.1. The minimum atomic E-state index is -0.358. The van der Waals surface area contributed by atoms with Crippen LogP contribution in [0.4, 0.5) is 5.69 Å². The minimum absolute atomic E-state index is 0.258. The Morgan fingerprint density at radius 2 is 1.84 bits per heavy atom. The molecule has 11 heteroatoms. The van der Waals surface area contributed by atoms with Gasteiger partial charge in [-0.25, -0.2) is 4.98 Å². The number of hydrogen-bond donors (Lipinski definition) is 1. The summed E-state index contributed by atoms with van der Waals surface area (Å²) >= 11 is 9.40. The number of aromatic nitrogens is 2. The van der Waals surface area contributed by atoms with Crippen molar-refractivity contribution >= 4 is 67.2 Å². The molecule has 0 aliphatic rings. The molecule has 9 nitrogen and oxygen atoms in total. The highest BCUT2D eigenvalue weighted by atomic mass is 79.9. The average molecular weight is 658 g/mol. The van der Waals surface area contributed by atoms with Crippen LogP contribution in [0.5, 0.6) is 11.5 Å². The highest BCUT2D eigenvalue weighted by Crippen LogP contribution is 2.36. The van der Waals surface area contributed by atoms with Crippen molar-refractivity contribution in [2.45, 2.75) is 0 Å². The molecular weight excluding hydrogens is 636 g/mol. The Morgan fingerprint density at radius 1 is 1.07 bits per heavy atom. The fourth-order valence-electron chi connectivity index (χ4n) is 4.43. The van der Waals surface area contributed by atoms with Gasteiger partial charge >= 0.3 is 0 Å². The molecule has 2 aromatic heterocycles.